The van der Waals surface area contributed by atoms with Gasteiger partial charge in [0.1, 0.15) is 5.75 Å². The van der Waals surface area contributed by atoms with Crippen molar-refractivity contribution in [1.29, 1.82) is 0 Å². The van der Waals surface area contributed by atoms with Crippen LogP contribution in [0.5, 0.6) is 5.75 Å². The first kappa shape index (κ1) is 14.6. The number of benzene rings is 2. The molecule has 112 valence electrons. The molecule has 3 rings (SSSR count). The number of hydrogen-bond acceptors (Lipinski definition) is 3. The second kappa shape index (κ2) is 6.20. The zero-order valence-electron chi connectivity index (χ0n) is 12.3. The summed E-state index contributed by atoms with van der Waals surface area (Å²) < 4.78 is 6.84. The van der Waals surface area contributed by atoms with Crippen LogP contribution in [0.3, 0.4) is 0 Å². The molecule has 3 nitrogen and oxygen atoms in total. The highest BCUT2D eigenvalue weighted by Crippen LogP contribution is 2.35. The second-order valence-electron chi connectivity index (χ2n) is 5.07. The minimum atomic E-state index is -0.465. The first-order valence-electron chi connectivity index (χ1n) is 7.24. The van der Waals surface area contributed by atoms with Crippen LogP contribution in [0.4, 0.5) is 0 Å². The van der Waals surface area contributed by atoms with Crippen LogP contribution >= 0.6 is 11.3 Å². The Labute approximate surface area is 133 Å². The van der Waals surface area contributed by atoms with Gasteiger partial charge in [-0.25, -0.2) is 0 Å². The highest BCUT2D eigenvalue weighted by molar-refractivity contribution is 7.17. The quantitative estimate of drug-likeness (QED) is 0.756. The third-order valence-electron chi connectivity index (χ3n) is 3.50. The molecule has 0 aliphatic carbocycles. The Bertz CT molecular complexity index is 823. The van der Waals surface area contributed by atoms with E-state index in [0.29, 0.717) is 17.9 Å². The van der Waals surface area contributed by atoms with E-state index >= 15 is 0 Å². The van der Waals surface area contributed by atoms with Crippen LogP contribution in [0.15, 0.2) is 47.8 Å². The number of nitrogens with two attached hydrogens (primary N) is 1. The third-order valence-corrected chi connectivity index (χ3v) is 4.46. The van der Waals surface area contributed by atoms with Gasteiger partial charge in [-0.1, -0.05) is 31.2 Å². The zero-order chi connectivity index (χ0) is 15.5. The maximum absolute atomic E-state index is 11.7. The minimum Gasteiger partial charge on any atom is -0.493 e. The monoisotopic (exact) mass is 311 g/mol. The fourth-order valence-corrected chi connectivity index (χ4v) is 3.40. The maximum atomic E-state index is 11.7. The predicted molar refractivity (Wildman–Crippen MR) is 91.6 cm³/mol. The summed E-state index contributed by atoms with van der Waals surface area (Å²) in [6.07, 6.45) is 0.884. The number of thiophene rings is 1. The largest absolute Gasteiger partial charge is 0.493 e. The number of fused-ring (bicyclic) bond motifs is 1. The normalized spacial score (nSPS) is 10.8. The van der Waals surface area contributed by atoms with Gasteiger partial charge in [0.05, 0.1) is 12.2 Å². The van der Waals surface area contributed by atoms with E-state index in [9.17, 15) is 4.79 Å². The lowest BCUT2D eigenvalue weighted by atomic mass is 10.0. The van der Waals surface area contributed by atoms with Crippen molar-refractivity contribution in [2.24, 2.45) is 5.73 Å². The Morgan fingerprint density at radius 1 is 1.23 bits per heavy atom. The first-order valence-corrected chi connectivity index (χ1v) is 8.12. The van der Waals surface area contributed by atoms with Crippen molar-refractivity contribution >= 4 is 27.3 Å². The zero-order valence-corrected chi connectivity index (χ0v) is 13.2. The van der Waals surface area contributed by atoms with E-state index in [-0.39, 0.29) is 0 Å². The lowest BCUT2D eigenvalue weighted by Crippen LogP contribution is -2.13. The lowest BCUT2D eigenvalue weighted by molar-refractivity contribution is 0.0996. The number of carbonyl (C=O) groups excluding carboxylic acids is 1. The number of ether oxygens (including phenoxy) is 1. The molecule has 0 aliphatic heterocycles. The van der Waals surface area contributed by atoms with Crippen molar-refractivity contribution in [3.63, 3.8) is 0 Å². The Morgan fingerprint density at radius 2 is 2.05 bits per heavy atom. The Morgan fingerprint density at radius 3 is 2.82 bits per heavy atom. The summed E-state index contributed by atoms with van der Waals surface area (Å²) in [5.74, 6) is 0.0881. The van der Waals surface area contributed by atoms with Gasteiger partial charge in [-0.3, -0.25) is 4.79 Å². The topological polar surface area (TPSA) is 52.3 Å². The van der Waals surface area contributed by atoms with E-state index in [2.05, 4.69) is 17.5 Å². The summed E-state index contributed by atoms with van der Waals surface area (Å²) in [7, 11) is 0. The van der Waals surface area contributed by atoms with Crippen LogP contribution in [0.1, 0.15) is 23.7 Å². The van der Waals surface area contributed by atoms with Gasteiger partial charge in [0.2, 0.25) is 0 Å². The van der Waals surface area contributed by atoms with Crippen LogP contribution in [0.2, 0.25) is 0 Å². The predicted octanol–water partition coefficient (Wildman–Crippen LogP) is 4.46. The molecule has 4 heteroatoms. The number of hydrogen-bond donors (Lipinski definition) is 1. The van der Waals surface area contributed by atoms with Crippen molar-refractivity contribution in [1.82, 2.24) is 0 Å². The molecule has 0 saturated heterocycles. The van der Waals surface area contributed by atoms with Gasteiger partial charge in [0.25, 0.3) is 5.91 Å². The van der Waals surface area contributed by atoms with Gasteiger partial charge < -0.3 is 10.5 Å². The molecule has 0 saturated carbocycles. The van der Waals surface area contributed by atoms with Crippen molar-refractivity contribution in [2.45, 2.75) is 13.3 Å². The number of amides is 1. The second-order valence-corrected chi connectivity index (χ2v) is 5.98. The van der Waals surface area contributed by atoms with E-state index in [1.807, 2.05) is 37.3 Å². The van der Waals surface area contributed by atoms with Gasteiger partial charge >= 0.3 is 0 Å². The summed E-state index contributed by atoms with van der Waals surface area (Å²) >= 11 is 1.69. The molecule has 0 fully saturated rings. The first-order chi connectivity index (χ1) is 10.7. The van der Waals surface area contributed by atoms with E-state index in [0.717, 1.165) is 17.5 Å². The van der Waals surface area contributed by atoms with E-state index in [4.69, 9.17) is 10.5 Å². The molecular formula is C18H17NO2S. The molecular weight excluding hydrogens is 294 g/mol. The molecule has 1 aromatic heterocycles. The summed E-state index contributed by atoms with van der Waals surface area (Å²) in [5, 5.41) is 3.29. The molecule has 3 aromatic rings. The molecule has 0 aliphatic rings. The van der Waals surface area contributed by atoms with E-state index < -0.39 is 5.91 Å². The van der Waals surface area contributed by atoms with E-state index in [1.54, 1.807) is 11.3 Å². The maximum Gasteiger partial charge on any atom is 0.252 e. The number of rotatable bonds is 5. The molecule has 0 bridgehead atoms. The van der Waals surface area contributed by atoms with Gasteiger partial charge in [-0.2, -0.15) is 0 Å². The molecule has 0 radical (unpaired) electrons. The smallest absolute Gasteiger partial charge is 0.252 e. The summed E-state index contributed by atoms with van der Waals surface area (Å²) in [5.41, 5.74) is 8.03. The van der Waals surface area contributed by atoms with E-state index in [1.165, 1.54) is 10.1 Å². The van der Waals surface area contributed by atoms with Crippen molar-refractivity contribution in [3.8, 4) is 16.9 Å². The van der Waals surface area contributed by atoms with Crippen LogP contribution in [-0.4, -0.2) is 12.5 Å². The number of primary amides is 1. The van der Waals surface area contributed by atoms with Crippen LogP contribution in [0.25, 0.3) is 21.2 Å². The molecule has 0 unspecified atom stereocenters. The standard InChI is InChI=1S/C18H17NO2S/c1-2-9-21-16-8-7-12(10-14(16)18(19)20)15-11-22-17-6-4-3-5-13(15)17/h3-8,10-11H,2,9H2,1H3,(H2,19,20). The Balaban J connectivity index is 2.08. The Hall–Kier alpha value is -2.33. The summed E-state index contributed by atoms with van der Waals surface area (Å²) in [6.45, 7) is 2.59. The van der Waals surface area contributed by atoms with Crippen LogP contribution < -0.4 is 10.5 Å². The molecule has 1 heterocycles. The van der Waals surface area contributed by atoms with Gasteiger partial charge in [-0.15, -0.1) is 11.3 Å². The summed E-state index contributed by atoms with van der Waals surface area (Å²) in [6, 6.07) is 13.9. The fourth-order valence-electron chi connectivity index (χ4n) is 2.43. The number of carbonyl (C=O) groups is 1. The lowest BCUT2D eigenvalue weighted by Gasteiger charge is -2.10. The van der Waals surface area contributed by atoms with Crippen molar-refractivity contribution in [3.05, 3.63) is 53.4 Å². The third kappa shape index (κ3) is 2.70. The Kier molecular flexibility index (Phi) is 4.11. The van der Waals surface area contributed by atoms with Crippen molar-refractivity contribution in [2.75, 3.05) is 6.61 Å². The fraction of sp³-hybridized carbons (Fsp3) is 0.167. The van der Waals surface area contributed by atoms with Crippen LogP contribution in [-0.2, 0) is 0 Å². The van der Waals surface area contributed by atoms with Gasteiger partial charge in [0, 0.05) is 15.6 Å². The average molecular weight is 311 g/mol. The molecule has 1 amide bonds. The van der Waals surface area contributed by atoms with Gasteiger partial charge in [-0.05, 0) is 35.6 Å². The molecule has 0 spiro atoms. The average Bonchev–Trinajstić information content (AvgIpc) is 2.96. The van der Waals surface area contributed by atoms with Crippen LogP contribution in [0, 0.1) is 0 Å². The highest BCUT2D eigenvalue weighted by atomic mass is 32.1. The molecule has 2 N–H and O–H groups in total. The molecule has 22 heavy (non-hydrogen) atoms. The minimum absolute atomic E-state index is 0.432. The molecule has 2 aromatic carbocycles. The highest BCUT2D eigenvalue weighted by Gasteiger charge is 2.13. The molecule has 0 atom stereocenters. The van der Waals surface area contributed by atoms with Crippen molar-refractivity contribution < 1.29 is 9.53 Å². The summed E-state index contributed by atoms with van der Waals surface area (Å²) in [4.78, 5) is 11.7. The van der Waals surface area contributed by atoms with Gasteiger partial charge in [0.15, 0.2) is 0 Å². The SMILES string of the molecule is CCCOc1ccc(-c2csc3ccccc23)cc1C(N)=O.